The van der Waals surface area contributed by atoms with Crippen LogP contribution in [-0.4, -0.2) is 29.7 Å². The molecule has 0 aromatic heterocycles. The van der Waals surface area contributed by atoms with Gasteiger partial charge in [-0.05, 0) is 20.3 Å². The number of carbonyl (C=O) groups excluding carboxylic acids is 1. The number of hydrogen-bond donors (Lipinski definition) is 2. The van der Waals surface area contributed by atoms with Crippen molar-refractivity contribution < 1.29 is 14.7 Å². The lowest BCUT2D eigenvalue weighted by Gasteiger charge is -2.17. The molecule has 1 amide bonds. The number of nitrogens with zero attached hydrogens (tertiary/aromatic N) is 1. The average molecular weight is 205 g/mol. The van der Waals surface area contributed by atoms with E-state index in [1.807, 2.05) is 0 Å². The Morgan fingerprint density at radius 3 is 2.64 bits per heavy atom. The molecule has 0 unspecified atom stereocenters. The summed E-state index contributed by atoms with van der Waals surface area (Å²) < 4.78 is 0. The van der Waals surface area contributed by atoms with Crippen LogP contribution >= 0.6 is 0 Å². The van der Waals surface area contributed by atoms with Gasteiger partial charge in [-0.15, -0.1) is 10.1 Å². The van der Waals surface area contributed by atoms with E-state index < -0.39 is 10.6 Å². The Labute approximate surface area is 81.7 Å². The van der Waals surface area contributed by atoms with Crippen molar-refractivity contribution in [1.29, 1.82) is 0 Å². The minimum atomic E-state index is -0.927. The van der Waals surface area contributed by atoms with Crippen LogP contribution in [0.1, 0.15) is 20.3 Å². The molecule has 0 saturated carbocycles. The second kappa shape index (κ2) is 5.38. The highest BCUT2D eigenvalue weighted by atomic mass is 16.9. The first-order chi connectivity index (χ1) is 6.34. The van der Waals surface area contributed by atoms with Crippen LogP contribution < -0.4 is 11.1 Å². The van der Waals surface area contributed by atoms with Gasteiger partial charge in [-0.1, -0.05) is 0 Å². The molecule has 0 fully saturated rings. The molecule has 0 heterocycles. The molecular weight excluding hydrogens is 190 g/mol. The van der Waals surface area contributed by atoms with Crippen molar-refractivity contribution in [2.24, 2.45) is 5.73 Å². The van der Waals surface area contributed by atoms with Crippen molar-refractivity contribution in [2.45, 2.75) is 25.8 Å². The Morgan fingerprint density at radius 1 is 1.64 bits per heavy atom. The molecule has 7 nitrogen and oxygen atoms in total. The van der Waals surface area contributed by atoms with E-state index in [-0.39, 0.29) is 12.5 Å². The van der Waals surface area contributed by atoms with Crippen LogP contribution in [0.5, 0.6) is 0 Å². The maximum Gasteiger partial charge on any atom is 0.294 e. The first-order valence-electron chi connectivity index (χ1n) is 4.18. The number of rotatable bonds is 6. The average Bonchev–Trinajstić information content (AvgIpc) is 2.01. The fourth-order valence-electron chi connectivity index (χ4n) is 0.641. The zero-order chi connectivity index (χ0) is 11.2. The van der Waals surface area contributed by atoms with Crippen molar-refractivity contribution in [3.63, 3.8) is 0 Å². The third-order valence-corrected chi connectivity index (χ3v) is 1.39. The van der Waals surface area contributed by atoms with Gasteiger partial charge in [0.05, 0.1) is 12.1 Å². The summed E-state index contributed by atoms with van der Waals surface area (Å²) in [6.45, 7) is 3.44. The van der Waals surface area contributed by atoms with Crippen LogP contribution in [0.15, 0.2) is 0 Å². The van der Waals surface area contributed by atoms with Crippen LogP contribution in [-0.2, 0) is 9.63 Å². The normalized spacial score (nSPS) is 10.8. The number of carbonyl (C=O) groups is 1. The van der Waals surface area contributed by atoms with Crippen molar-refractivity contribution in [3.05, 3.63) is 10.1 Å². The van der Waals surface area contributed by atoms with E-state index in [0.29, 0.717) is 13.0 Å². The molecule has 0 aromatic rings. The molecule has 82 valence electrons. The van der Waals surface area contributed by atoms with Crippen molar-refractivity contribution in [2.75, 3.05) is 13.2 Å². The molecule has 0 aromatic carbocycles. The summed E-state index contributed by atoms with van der Waals surface area (Å²) in [5.41, 5.74) is 4.56. The molecule has 0 radical (unpaired) electrons. The molecule has 0 aliphatic rings. The van der Waals surface area contributed by atoms with Crippen LogP contribution in [0.25, 0.3) is 0 Å². The molecule has 7 heteroatoms. The van der Waals surface area contributed by atoms with Gasteiger partial charge in [-0.25, -0.2) is 0 Å². The van der Waals surface area contributed by atoms with Gasteiger partial charge in [0, 0.05) is 6.54 Å². The molecule has 0 rings (SSSR count). The third-order valence-electron chi connectivity index (χ3n) is 1.39. The minimum Gasteiger partial charge on any atom is -0.354 e. The standard InChI is InChI=1S/C7H15N3O4/c1-7(2,8)6(11)9-4-3-5-14-10(12)13/h3-5,8H2,1-2H3,(H,9,11). The van der Waals surface area contributed by atoms with Gasteiger partial charge in [-0.3, -0.25) is 4.79 Å². The van der Waals surface area contributed by atoms with Gasteiger partial charge in [-0.2, -0.15) is 0 Å². The Bertz CT molecular complexity index is 211. The van der Waals surface area contributed by atoms with Gasteiger partial charge in [0.25, 0.3) is 5.09 Å². The predicted octanol–water partition coefficient (Wildman–Crippen LogP) is -0.562. The number of nitrogens with one attached hydrogen (secondary N) is 1. The maximum atomic E-state index is 11.2. The van der Waals surface area contributed by atoms with Gasteiger partial charge >= 0.3 is 0 Å². The van der Waals surface area contributed by atoms with E-state index in [1.165, 1.54) is 0 Å². The molecule has 14 heavy (non-hydrogen) atoms. The lowest BCUT2D eigenvalue weighted by molar-refractivity contribution is -0.757. The van der Waals surface area contributed by atoms with E-state index in [9.17, 15) is 14.9 Å². The summed E-state index contributed by atoms with van der Waals surface area (Å²) in [4.78, 5) is 24.9. The summed E-state index contributed by atoms with van der Waals surface area (Å²) in [5.74, 6) is -0.293. The number of hydrogen-bond acceptors (Lipinski definition) is 5. The quantitative estimate of drug-likeness (QED) is 0.343. The van der Waals surface area contributed by atoms with Gasteiger partial charge in [0.2, 0.25) is 5.91 Å². The highest BCUT2D eigenvalue weighted by Gasteiger charge is 2.20. The van der Waals surface area contributed by atoms with E-state index in [0.717, 1.165) is 0 Å². The lowest BCUT2D eigenvalue weighted by atomic mass is 10.1. The fourth-order valence-corrected chi connectivity index (χ4v) is 0.641. The molecule has 0 aliphatic carbocycles. The molecule has 3 N–H and O–H groups in total. The Kier molecular flexibility index (Phi) is 4.85. The molecule has 0 spiro atoms. The Morgan fingerprint density at radius 2 is 2.21 bits per heavy atom. The zero-order valence-electron chi connectivity index (χ0n) is 8.28. The van der Waals surface area contributed by atoms with Crippen LogP contribution in [0, 0.1) is 10.1 Å². The number of nitrogens with two attached hydrogens (primary N) is 1. The Hall–Kier alpha value is -1.37. The largest absolute Gasteiger partial charge is 0.354 e. The van der Waals surface area contributed by atoms with Crippen molar-refractivity contribution in [1.82, 2.24) is 5.32 Å². The van der Waals surface area contributed by atoms with Crippen LogP contribution in [0.2, 0.25) is 0 Å². The predicted molar refractivity (Wildman–Crippen MR) is 48.8 cm³/mol. The van der Waals surface area contributed by atoms with E-state index in [1.54, 1.807) is 13.8 Å². The highest BCUT2D eigenvalue weighted by Crippen LogP contribution is 1.95. The zero-order valence-corrected chi connectivity index (χ0v) is 8.28. The topological polar surface area (TPSA) is 107 Å². The van der Waals surface area contributed by atoms with Gasteiger partial charge in [0.1, 0.15) is 0 Å². The molecule has 0 atom stereocenters. The van der Waals surface area contributed by atoms with Crippen molar-refractivity contribution >= 4 is 5.91 Å². The monoisotopic (exact) mass is 205 g/mol. The number of amides is 1. The second-order valence-electron chi connectivity index (χ2n) is 3.39. The third kappa shape index (κ3) is 6.18. The SMILES string of the molecule is CC(C)(N)C(=O)NCCCO[N+](=O)[O-]. The molecule has 0 aliphatic heterocycles. The summed E-state index contributed by atoms with van der Waals surface area (Å²) in [6, 6.07) is 0. The smallest absolute Gasteiger partial charge is 0.294 e. The molecule has 0 saturated heterocycles. The van der Waals surface area contributed by atoms with Crippen LogP contribution in [0.4, 0.5) is 0 Å². The van der Waals surface area contributed by atoms with Crippen molar-refractivity contribution in [3.8, 4) is 0 Å². The minimum absolute atomic E-state index is 0.0295. The van der Waals surface area contributed by atoms with Gasteiger partial charge in [0.15, 0.2) is 0 Å². The first kappa shape index (κ1) is 12.6. The van der Waals surface area contributed by atoms with Gasteiger partial charge < -0.3 is 15.9 Å². The maximum absolute atomic E-state index is 11.2. The second-order valence-corrected chi connectivity index (χ2v) is 3.39. The highest BCUT2D eigenvalue weighted by molar-refractivity contribution is 5.84. The molecular formula is C7H15N3O4. The summed E-state index contributed by atoms with van der Waals surface area (Å²) >= 11 is 0. The van der Waals surface area contributed by atoms with E-state index in [4.69, 9.17) is 5.73 Å². The lowest BCUT2D eigenvalue weighted by Crippen LogP contribution is -2.49. The summed E-state index contributed by atoms with van der Waals surface area (Å²) in [6.07, 6.45) is 0.378. The van der Waals surface area contributed by atoms with E-state index in [2.05, 4.69) is 10.2 Å². The van der Waals surface area contributed by atoms with E-state index >= 15 is 0 Å². The first-order valence-corrected chi connectivity index (χ1v) is 4.18. The Balaban J connectivity index is 3.46. The molecule has 0 bridgehead atoms. The summed E-state index contributed by atoms with van der Waals surface area (Å²) in [5, 5.41) is 11.4. The fraction of sp³-hybridized carbons (Fsp3) is 0.857. The van der Waals surface area contributed by atoms with Crippen LogP contribution in [0.3, 0.4) is 0 Å². The summed E-state index contributed by atoms with van der Waals surface area (Å²) in [7, 11) is 0.